The third-order valence-corrected chi connectivity index (χ3v) is 1.49. The van der Waals surface area contributed by atoms with Crippen LogP contribution in [-0.2, 0) is 4.74 Å². The zero-order valence-corrected chi connectivity index (χ0v) is 7.59. The molecule has 0 radical (unpaired) electrons. The summed E-state index contributed by atoms with van der Waals surface area (Å²) >= 11 is 5.40. The van der Waals surface area contributed by atoms with Gasteiger partial charge < -0.3 is 9.72 Å². The van der Waals surface area contributed by atoms with Gasteiger partial charge in [-0.15, -0.1) is 0 Å². The number of aromatic nitrogens is 2. The van der Waals surface area contributed by atoms with Crippen LogP contribution in [0, 0.1) is 0 Å². The van der Waals surface area contributed by atoms with Gasteiger partial charge in [0.15, 0.2) is 10.8 Å². The average Bonchev–Trinajstić information content (AvgIpc) is 2.10. The van der Waals surface area contributed by atoms with Crippen LogP contribution in [0.2, 0.25) is 5.15 Å². The Bertz CT molecular complexity index is 374. The van der Waals surface area contributed by atoms with E-state index in [1.165, 1.54) is 0 Å². The van der Waals surface area contributed by atoms with Crippen molar-refractivity contribution in [1.82, 2.24) is 9.97 Å². The van der Waals surface area contributed by atoms with Crippen molar-refractivity contribution >= 4 is 17.6 Å². The predicted molar refractivity (Wildman–Crippen MR) is 45.8 cm³/mol. The van der Waals surface area contributed by atoms with Gasteiger partial charge in [0.05, 0.1) is 6.61 Å². The predicted octanol–water partition coefficient (Wildman–Crippen LogP) is 0.600. The van der Waals surface area contributed by atoms with Crippen LogP contribution < -0.4 is 5.56 Å². The maximum absolute atomic E-state index is 11.0. The third kappa shape index (κ3) is 2.29. The molecular formula is C7H7ClN2O3. The zero-order valence-electron chi connectivity index (χ0n) is 6.83. The van der Waals surface area contributed by atoms with E-state index in [1.54, 1.807) is 6.92 Å². The van der Waals surface area contributed by atoms with Gasteiger partial charge in [-0.1, -0.05) is 11.6 Å². The highest BCUT2D eigenvalue weighted by atomic mass is 35.5. The quantitative estimate of drug-likeness (QED) is 0.713. The number of halogens is 1. The van der Waals surface area contributed by atoms with Crippen molar-refractivity contribution in [1.29, 1.82) is 0 Å². The number of rotatable bonds is 2. The van der Waals surface area contributed by atoms with Gasteiger partial charge in [-0.2, -0.15) is 0 Å². The second-order valence-corrected chi connectivity index (χ2v) is 2.48. The molecule has 0 amide bonds. The first-order valence-electron chi connectivity index (χ1n) is 3.57. The van der Waals surface area contributed by atoms with E-state index >= 15 is 0 Å². The topological polar surface area (TPSA) is 72.1 Å². The van der Waals surface area contributed by atoms with Gasteiger partial charge in [-0.05, 0) is 6.92 Å². The smallest absolute Gasteiger partial charge is 0.358 e. The van der Waals surface area contributed by atoms with Crippen LogP contribution in [0.15, 0.2) is 11.0 Å². The minimum Gasteiger partial charge on any atom is -0.461 e. The highest BCUT2D eigenvalue weighted by molar-refractivity contribution is 6.29. The van der Waals surface area contributed by atoms with Gasteiger partial charge in [-0.25, -0.2) is 9.78 Å². The summed E-state index contributed by atoms with van der Waals surface area (Å²) in [7, 11) is 0. The molecule has 0 saturated carbocycles. The van der Waals surface area contributed by atoms with Crippen LogP contribution in [0.3, 0.4) is 0 Å². The van der Waals surface area contributed by atoms with Crippen molar-refractivity contribution in [3.63, 3.8) is 0 Å². The van der Waals surface area contributed by atoms with E-state index in [1.807, 2.05) is 0 Å². The van der Waals surface area contributed by atoms with Crippen LogP contribution in [0.5, 0.6) is 0 Å². The first kappa shape index (κ1) is 9.73. The molecule has 1 aromatic rings. The van der Waals surface area contributed by atoms with Crippen molar-refractivity contribution in [2.45, 2.75) is 6.92 Å². The van der Waals surface area contributed by atoms with Crippen molar-refractivity contribution in [2.24, 2.45) is 0 Å². The maximum Gasteiger partial charge on any atom is 0.358 e. The number of carbonyl (C=O) groups excluding carboxylic acids is 1. The Kier molecular flexibility index (Phi) is 3.02. The third-order valence-electron chi connectivity index (χ3n) is 1.23. The minimum atomic E-state index is -0.611. The van der Waals surface area contributed by atoms with Crippen LogP contribution in [0.1, 0.15) is 17.4 Å². The van der Waals surface area contributed by atoms with Crippen LogP contribution in [0.4, 0.5) is 0 Å². The maximum atomic E-state index is 11.0. The van der Waals surface area contributed by atoms with Crippen LogP contribution in [0.25, 0.3) is 0 Å². The van der Waals surface area contributed by atoms with E-state index < -0.39 is 11.5 Å². The molecule has 5 nitrogen and oxygen atoms in total. The number of hydrogen-bond acceptors (Lipinski definition) is 4. The molecule has 0 saturated heterocycles. The lowest BCUT2D eigenvalue weighted by Gasteiger charge is -1.99. The Balaban J connectivity index is 2.97. The molecule has 6 heteroatoms. The molecule has 1 heterocycles. The molecule has 0 atom stereocenters. The second-order valence-electron chi connectivity index (χ2n) is 2.13. The monoisotopic (exact) mass is 202 g/mol. The number of ether oxygens (including phenoxy) is 1. The standard InChI is InChI=1S/C7H7ClN2O3/c1-2-13-7(12)4-3-9-6(11)5(8)10-4/h3H,2H2,1H3,(H,9,11). The Labute approximate surface area is 78.7 Å². The van der Waals surface area contributed by atoms with Crippen molar-refractivity contribution in [3.8, 4) is 0 Å². The van der Waals surface area contributed by atoms with Gasteiger partial charge in [0, 0.05) is 6.20 Å². The number of esters is 1. The normalized spacial score (nSPS) is 9.69. The summed E-state index contributed by atoms with van der Waals surface area (Å²) in [6, 6.07) is 0. The summed E-state index contributed by atoms with van der Waals surface area (Å²) in [6.45, 7) is 1.92. The van der Waals surface area contributed by atoms with Crippen molar-refractivity contribution < 1.29 is 9.53 Å². The molecular weight excluding hydrogens is 196 g/mol. The van der Waals surface area contributed by atoms with Crippen molar-refractivity contribution in [2.75, 3.05) is 6.61 Å². The number of nitrogens with one attached hydrogen (secondary N) is 1. The second kappa shape index (κ2) is 4.04. The molecule has 1 N–H and O–H groups in total. The fourth-order valence-corrected chi connectivity index (χ4v) is 0.837. The Morgan fingerprint density at radius 1 is 1.77 bits per heavy atom. The Morgan fingerprint density at radius 3 is 3.00 bits per heavy atom. The molecule has 1 rings (SSSR count). The molecule has 13 heavy (non-hydrogen) atoms. The molecule has 0 aliphatic rings. The molecule has 0 aliphatic heterocycles. The lowest BCUT2D eigenvalue weighted by atomic mass is 10.4. The van der Waals surface area contributed by atoms with Crippen molar-refractivity contribution in [3.05, 3.63) is 27.4 Å². The van der Waals surface area contributed by atoms with E-state index in [2.05, 4.69) is 14.7 Å². The molecule has 0 bridgehead atoms. The molecule has 0 aliphatic carbocycles. The summed E-state index contributed by atoms with van der Waals surface area (Å²) in [5, 5.41) is -0.273. The first-order chi connectivity index (χ1) is 6.15. The molecule has 0 aromatic carbocycles. The lowest BCUT2D eigenvalue weighted by Crippen LogP contribution is -2.14. The molecule has 0 spiro atoms. The highest BCUT2D eigenvalue weighted by Crippen LogP contribution is 1.99. The molecule has 0 unspecified atom stereocenters. The Morgan fingerprint density at radius 2 is 2.46 bits per heavy atom. The number of carbonyl (C=O) groups is 1. The molecule has 0 fully saturated rings. The average molecular weight is 203 g/mol. The first-order valence-corrected chi connectivity index (χ1v) is 3.95. The lowest BCUT2D eigenvalue weighted by molar-refractivity contribution is 0.0519. The van der Waals surface area contributed by atoms with Crippen LogP contribution in [-0.4, -0.2) is 22.5 Å². The highest BCUT2D eigenvalue weighted by Gasteiger charge is 2.09. The number of aromatic amines is 1. The summed E-state index contributed by atoms with van der Waals surface area (Å²) < 4.78 is 4.64. The zero-order chi connectivity index (χ0) is 9.84. The summed E-state index contributed by atoms with van der Waals surface area (Å²) in [4.78, 5) is 27.6. The fraction of sp³-hybridized carbons (Fsp3) is 0.286. The van der Waals surface area contributed by atoms with Gasteiger partial charge in [0.1, 0.15) is 0 Å². The minimum absolute atomic E-state index is 0.00792. The summed E-state index contributed by atoms with van der Waals surface area (Å²) in [6.07, 6.45) is 1.16. The van der Waals surface area contributed by atoms with E-state index in [4.69, 9.17) is 11.6 Å². The number of hydrogen-bond donors (Lipinski definition) is 1. The fourth-order valence-electron chi connectivity index (χ4n) is 0.692. The molecule has 70 valence electrons. The van der Waals surface area contributed by atoms with E-state index in [0.29, 0.717) is 0 Å². The summed E-state index contributed by atoms with van der Waals surface area (Å²) in [5.74, 6) is -0.611. The van der Waals surface area contributed by atoms with Gasteiger partial charge in [-0.3, -0.25) is 4.79 Å². The van der Waals surface area contributed by atoms with E-state index in [9.17, 15) is 9.59 Å². The number of H-pyrrole nitrogens is 1. The van der Waals surface area contributed by atoms with E-state index in [-0.39, 0.29) is 17.5 Å². The van der Waals surface area contributed by atoms with Crippen LogP contribution >= 0.6 is 11.6 Å². The molecule has 1 aromatic heterocycles. The van der Waals surface area contributed by atoms with Gasteiger partial charge >= 0.3 is 5.97 Å². The SMILES string of the molecule is CCOC(=O)c1c[nH]c(=O)c(Cl)n1. The number of nitrogens with zero attached hydrogens (tertiary/aromatic N) is 1. The largest absolute Gasteiger partial charge is 0.461 e. The van der Waals surface area contributed by atoms with Gasteiger partial charge in [0.25, 0.3) is 5.56 Å². The summed E-state index contributed by atoms with van der Waals surface area (Å²) in [5.41, 5.74) is -0.541. The van der Waals surface area contributed by atoms with Gasteiger partial charge in [0.2, 0.25) is 0 Å². The Hall–Kier alpha value is -1.36. The van der Waals surface area contributed by atoms with E-state index in [0.717, 1.165) is 6.20 Å².